The summed E-state index contributed by atoms with van der Waals surface area (Å²) >= 11 is 0. The van der Waals surface area contributed by atoms with Crippen LogP contribution in [0.15, 0.2) is 18.7 Å². The van der Waals surface area contributed by atoms with Crippen molar-refractivity contribution in [3.8, 4) is 5.95 Å². The summed E-state index contributed by atoms with van der Waals surface area (Å²) in [6.07, 6.45) is 6.49. The highest BCUT2D eigenvalue weighted by Crippen LogP contribution is 2.14. The Morgan fingerprint density at radius 1 is 1.33 bits per heavy atom. The highest BCUT2D eigenvalue weighted by atomic mass is 16.3. The largest absolute Gasteiger partial charge is 0.388 e. The molecule has 2 aromatic heterocycles. The topological polar surface area (TPSA) is 127 Å². The van der Waals surface area contributed by atoms with E-state index in [0.29, 0.717) is 24.9 Å². The van der Waals surface area contributed by atoms with Crippen LogP contribution in [-0.2, 0) is 0 Å². The van der Waals surface area contributed by atoms with Crippen LogP contribution in [0.1, 0.15) is 26.7 Å². The molecule has 0 aliphatic rings. The zero-order valence-electron chi connectivity index (χ0n) is 12.1. The summed E-state index contributed by atoms with van der Waals surface area (Å²) < 4.78 is 1.64. The summed E-state index contributed by atoms with van der Waals surface area (Å²) in [6, 6.07) is 0. The molecule has 0 aliphatic heterocycles. The maximum absolute atomic E-state index is 10.2. The Hall–Kier alpha value is -2.26. The van der Waals surface area contributed by atoms with E-state index in [1.165, 1.54) is 0 Å². The fourth-order valence-electron chi connectivity index (χ4n) is 1.90. The number of nitrogens with zero attached hydrogens (tertiary/aromatic N) is 5. The summed E-state index contributed by atoms with van der Waals surface area (Å²) in [5, 5.41) is 13.2. The standard InChI is InChI=1S/C12H20N8O/c1-3-4-12(2,21)7-15-9-16-10(19-13)18-11(17-9)20-6-5-14-8-20/h5-6,8,21H,3-4,7,13H2,1-2H3,(H2,15,16,17,18,19). The molecule has 1 unspecified atom stereocenters. The lowest BCUT2D eigenvalue weighted by Crippen LogP contribution is -2.33. The van der Waals surface area contributed by atoms with E-state index in [1.807, 2.05) is 6.92 Å². The Morgan fingerprint density at radius 3 is 2.71 bits per heavy atom. The van der Waals surface area contributed by atoms with Crippen molar-refractivity contribution in [2.24, 2.45) is 5.84 Å². The number of nitrogens with two attached hydrogens (primary N) is 1. The normalized spacial score (nSPS) is 13.7. The number of hydrogen-bond acceptors (Lipinski definition) is 8. The first kappa shape index (κ1) is 15.1. The van der Waals surface area contributed by atoms with Crippen LogP contribution in [0.5, 0.6) is 0 Å². The average Bonchev–Trinajstić information content (AvgIpc) is 2.99. The zero-order chi connectivity index (χ0) is 15.3. The SMILES string of the molecule is CCCC(C)(O)CNc1nc(NN)nc(-n2ccnc2)n1. The van der Waals surface area contributed by atoms with Gasteiger partial charge in [-0.05, 0) is 13.3 Å². The number of aromatic nitrogens is 5. The number of hydrogen-bond donors (Lipinski definition) is 4. The third-order valence-electron chi connectivity index (χ3n) is 2.90. The first-order valence-electron chi connectivity index (χ1n) is 6.71. The second-order valence-electron chi connectivity index (χ2n) is 5.00. The van der Waals surface area contributed by atoms with Crippen LogP contribution in [-0.4, -0.2) is 41.8 Å². The summed E-state index contributed by atoms with van der Waals surface area (Å²) in [6.45, 7) is 4.12. The molecule has 0 spiro atoms. The molecule has 0 saturated carbocycles. The molecule has 9 nitrogen and oxygen atoms in total. The molecular formula is C12H20N8O. The van der Waals surface area contributed by atoms with Crippen molar-refractivity contribution in [2.75, 3.05) is 17.3 Å². The summed E-state index contributed by atoms with van der Waals surface area (Å²) in [7, 11) is 0. The van der Waals surface area contributed by atoms with Gasteiger partial charge in [0.1, 0.15) is 6.33 Å². The van der Waals surface area contributed by atoms with Gasteiger partial charge < -0.3 is 10.4 Å². The van der Waals surface area contributed by atoms with E-state index in [1.54, 1.807) is 30.2 Å². The molecule has 0 aromatic carbocycles. The maximum Gasteiger partial charge on any atom is 0.243 e. The predicted octanol–water partition coefficient (Wildman–Crippen LogP) is 0.306. The average molecular weight is 292 g/mol. The molecule has 0 fully saturated rings. The number of rotatable bonds is 7. The molecule has 1 atom stereocenters. The Kier molecular flexibility index (Phi) is 4.66. The Bertz CT molecular complexity index is 569. The third kappa shape index (κ3) is 4.10. The zero-order valence-corrected chi connectivity index (χ0v) is 12.1. The highest BCUT2D eigenvalue weighted by molar-refractivity contribution is 5.37. The summed E-state index contributed by atoms with van der Waals surface area (Å²) in [5.74, 6) is 6.31. The molecule has 114 valence electrons. The van der Waals surface area contributed by atoms with Gasteiger partial charge in [-0.15, -0.1) is 0 Å². The monoisotopic (exact) mass is 292 g/mol. The molecule has 0 aliphatic carbocycles. The van der Waals surface area contributed by atoms with E-state index in [9.17, 15) is 5.11 Å². The lowest BCUT2D eigenvalue weighted by molar-refractivity contribution is 0.0635. The van der Waals surface area contributed by atoms with Gasteiger partial charge in [-0.2, -0.15) is 15.0 Å². The fraction of sp³-hybridized carbons (Fsp3) is 0.500. The van der Waals surface area contributed by atoms with Crippen molar-refractivity contribution in [2.45, 2.75) is 32.3 Å². The van der Waals surface area contributed by atoms with Gasteiger partial charge in [0, 0.05) is 18.9 Å². The van der Waals surface area contributed by atoms with Crippen molar-refractivity contribution in [1.82, 2.24) is 24.5 Å². The Labute approximate surface area is 122 Å². The van der Waals surface area contributed by atoms with Crippen LogP contribution >= 0.6 is 0 Å². The molecular weight excluding hydrogens is 272 g/mol. The third-order valence-corrected chi connectivity index (χ3v) is 2.90. The molecule has 5 N–H and O–H groups in total. The van der Waals surface area contributed by atoms with Crippen LogP contribution in [0.25, 0.3) is 5.95 Å². The van der Waals surface area contributed by atoms with E-state index < -0.39 is 5.60 Å². The molecule has 0 bridgehead atoms. The minimum atomic E-state index is -0.827. The minimum Gasteiger partial charge on any atom is -0.388 e. The van der Waals surface area contributed by atoms with Crippen LogP contribution in [0, 0.1) is 0 Å². The van der Waals surface area contributed by atoms with Crippen LogP contribution in [0.4, 0.5) is 11.9 Å². The van der Waals surface area contributed by atoms with E-state index in [2.05, 4.69) is 30.7 Å². The number of aliphatic hydroxyl groups is 1. The maximum atomic E-state index is 10.2. The molecule has 9 heteroatoms. The van der Waals surface area contributed by atoms with Gasteiger partial charge in [0.2, 0.25) is 17.8 Å². The van der Waals surface area contributed by atoms with Gasteiger partial charge in [0.25, 0.3) is 0 Å². The second kappa shape index (κ2) is 6.46. The summed E-state index contributed by atoms with van der Waals surface area (Å²) in [5.41, 5.74) is 1.57. The van der Waals surface area contributed by atoms with Crippen LogP contribution in [0.3, 0.4) is 0 Å². The molecule has 2 aromatic rings. The van der Waals surface area contributed by atoms with Crippen LogP contribution in [0.2, 0.25) is 0 Å². The second-order valence-corrected chi connectivity index (χ2v) is 5.00. The van der Waals surface area contributed by atoms with E-state index in [-0.39, 0.29) is 5.95 Å². The van der Waals surface area contributed by atoms with Gasteiger partial charge in [0.05, 0.1) is 5.60 Å². The quantitative estimate of drug-likeness (QED) is 0.424. The molecule has 0 radical (unpaired) electrons. The molecule has 2 heterocycles. The lowest BCUT2D eigenvalue weighted by Gasteiger charge is -2.23. The molecule has 21 heavy (non-hydrogen) atoms. The first-order chi connectivity index (χ1) is 10.0. The Morgan fingerprint density at radius 2 is 2.10 bits per heavy atom. The number of nitrogens with one attached hydrogen (secondary N) is 2. The summed E-state index contributed by atoms with van der Waals surface area (Å²) in [4.78, 5) is 16.5. The van der Waals surface area contributed by atoms with Gasteiger partial charge in [0.15, 0.2) is 0 Å². The molecule has 2 rings (SSSR count). The van der Waals surface area contributed by atoms with Crippen molar-refractivity contribution >= 4 is 11.9 Å². The van der Waals surface area contributed by atoms with E-state index in [0.717, 1.165) is 6.42 Å². The fourth-order valence-corrected chi connectivity index (χ4v) is 1.90. The first-order valence-corrected chi connectivity index (χ1v) is 6.71. The number of imidazole rings is 1. The van der Waals surface area contributed by atoms with E-state index >= 15 is 0 Å². The molecule has 0 saturated heterocycles. The lowest BCUT2D eigenvalue weighted by atomic mass is 10.0. The number of hydrazine groups is 1. The number of anilines is 2. The van der Waals surface area contributed by atoms with Gasteiger partial charge in [-0.3, -0.25) is 9.99 Å². The van der Waals surface area contributed by atoms with Crippen molar-refractivity contribution in [3.05, 3.63) is 18.7 Å². The van der Waals surface area contributed by atoms with Gasteiger partial charge >= 0.3 is 0 Å². The van der Waals surface area contributed by atoms with Crippen molar-refractivity contribution < 1.29 is 5.11 Å². The highest BCUT2D eigenvalue weighted by Gasteiger charge is 2.19. The Balaban J connectivity index is 2.18. The van der Waals surface area contributed by atoms with Crippen molar-refractivity contribution in [3.63, 3.8) is 0 Å². The van der Waals surface area contributed by atoms with Crippen LogP contribution < -0.4 is 16.6 Å². The van der Waals surface area contributed by atoms with Gasteiger partial charge in [-0.25, -0.2) is 10.8 Å². The smallest absolute Gasteiger partial charge is 0.243 e. The predicted molar refractivity (Wildman–Crippen MR) is 78.8 cm³/mol. The minimum absolute atomic E-state index is 0.228. The van der Waals surface area contributed by atoms with E-state index in [4.69, 9.17) is 5.84 Å². The van der Waals surface area contributed by atoms with Gasteiger partial charge in [-0.1, -0.05) is 13.3 Å². The number of nitrogen functional groups attached to an aromatic ring is 1. The molecule has 0 amide bonds. The van der Waals surface area contributed by atoms with Crippen molar-refractivity contribution in [1.29, 1.82) is 0 Å².